The lowest BCUT2D eigenvalue weighted by molar-refractivity contribution is 0.410. The molecule has 0 saturated heterocycles. The van der Waals surface area contributed by atoms with E-state index in [-0.39, 0.29) is 5.82 Å². The number of nitrogens with two attached hydrogens (primary N) is 1. The molecular weight excluding hydrogens is 231 g/mol. The molecular formula is C14H15FN2O. The van der Waals surface area contributed by atoms with Crippen molar-refractivity contribution in [1.29, 1.82) is 0 Å². The van der Waals surface area contributed by atoms with Crippen molar-refractivity contribution in [2.45, 2.75) is 6.54 Å². The van der Waals surface area contributed by atoms with Crippen LogP contribution in [-0.2, 0) is 6.54 Å². The van der Waals surface area contributed by atoms with Crippen LogP contribution in [0, 0.1) is 5.82 Å². The second kappa shape index (κ2) is 5.40. The van der Waals surface area contributed by atoms with Crippen molar-refractivity contribution in [2.75, 3.05) is 18.2 Å². The van der Waals surface area contributed by atoms with E-state index in [2.05, 4.69) is 5.32 Å². The maximum atomic E-state index is 12.9. The summed E-state index contributed by atoms with van der Waals surface area (Å²) in [5.41, 5.74) is 7.84. The number of benzene rings is 2. The molecule has 0 amide bonds. The standard InChI is InChI=1S/C14H15FN2O/c1-18-14-5-3-2-4-10(14)9-17-13-7-6-11(15)8-12(13)16/h2-8,17H,9,16H2,1H3. The number of hydrogen-bond acceptors (Lipinski definition) is 3. The number of nitrogen functional groups attached to an aromatic ring is 1. The molecule has 0 atom stereocenters. The first-order chi connectivity index (χ1) is 8.70. The minimum atomic E-state index is -0.338. The number of anilines is 2. The largest absolute Gasteiger partial charge is 0.496 e. The van der Waals surface area contributed by atoms with Crippen LogP contribution in [0.3, 0.4) is 0 Å². The highest BCUT2D eigenvalue weighted by Crippen LogP contribution is 2.22. The maximum absolute atomic E-state index is 12.9. The van der Waals surface area contributed by atoms with Gasteiger partial charge in [-0.1, -0.05) is 18.2 Å². The first kappa shape index (κ1) is 12.2. The Kier molecular flexibility index (Phi) is 3.67. The lowest BCUT2D eigenvalue weighted by Gasteiger charge is -2.12. The zero-order valence-corrected chi connectivity index (χ0v) is 10.1. The lowest BCUT2D eigenvalue weighted by Crippen LogP contribution is -2.04. The highest BCUT2D eigenvalue weighted by atomic mass is 19.1. The Labute approximate surface area is 105 Å². The minimum absolute atomic E-state index is 0.338. The van der Waals surface area contributed by atoms with Crippen molar-refractivity contribution < 1.29 is 9.13 Å². The van der Waals surface area contributed by atoms with Gasteiger partial charge in [0, 0.05) is 12.1 Å². The van der Waals surface area contributed by atoms with Gasteiger partial charge in [-0.2, -0.15) is 0 Å². The van der Waals surface area contributed by atoms with E-state index in [9.17, 15) is 4.39 Å². The summed E-state index contributed by atoms with van der Waals surface area (Å²) in [6.07, 6.45) is 0. The number of nitrogens with one attached hydrogen (secondary N) is 1. The Morgan fingerprint density at radius 3 is 2.72 bits per heavy atom. The van der Waals surface area contributed by atoms with E-state index in [1.807, 2.05) is 24.3 Å². The second-order valence-corrected chi connectivity index (χ2v) is 3.90. The molecule has 0 aliphatic heterocycles. The van der Waals surface area contributed by atoms with Crippen LogP contribution in [0.2, 0.25) is 0 Å². The molecule has 3 nitrogen and oxygen atoms in total. The smallest absolute Gasteiger partial charge is 0.125 e. The molecule has 0 unspecified atom stereocenters. The quantitative estimate of drug-likeness (QED) is 0.815. The van der Waals surface area contributed by atoms with Gasteiger partial charge in [-0.15, -0.1) is 0 Å². The predicted octanol–water partition coefficient (Wildman–Crippen LogP) is 3.03. The Morgan fingerprint density at radius 1 is 1.22 bits per heavy atom. The van der Waals surface area contributed by atoms with Gasteiger partial charge in [-0.3, -0.25) is 0 Å². The molecule has 0 bridgehead atoms. The van der Waals surface area contributed by atoms with Gasteiger partial charge in [-0.05, 0) is 24.3 Å². The normalized spacial score (nSPS) is 10.1. The van der Waals surface area contributed by atoms with E-state index in [0.29, 0.717) is 17.9 Å². The number of para-hydroxylation sites is 1. The molecule has 0 spiro atoms. The summed E-state index contributed by atoms with van der Waals surface area (Å²) < 4.78 is 18.2. The van der Waals surface area contributed by atoms with Crippen LogP contribution in [0.25, 0.3) is 0 Å². The molecule has 0 aromatic heterocycles. The molecule has 0 heterocycles. The second-order valence-electron chi connectivity index (χ2n) is 3.90. The average Bonchev–Trinajstić information content (AvgIpc) is 2.38. The van der Waals surface area contributed by atoms with Crippen LogP contribution in [-0.4, -0.2) is 7.11 Å². The van der Waals surface area contributed by atoms with E-state index in [4.69, 9.17) is 10.5 Å². The number of hydrogen-bond donors (Lipinski definition) is 2. The van der Waals surface area contributed by atoms with Crippen molar-refractivity contribution in [1.82, 2.24) is 0 Å². The van der Waals surface area contributed by atoms with Crippen LogP contribution in [0.5, 0.6) is 5.75 Å². The maximum Gasteiger partial charge on any atom is 0.125 e. The van der Waals surface area contributed by atoms with Crippen molar-refractivity contribution in [2.24, 2.45) is 0 Å². The van der Waals surface area contributed by atoms with Crippen molar-refractivity contribution in [3.8, 4) is 5.75 Å². The van der Waals surface area contributed by atoms with Crippen LogP contribution in [0.1, 0.15) is 5.56 Å². The minimum Gasteiger partial charge on any atom is -0.496 e. The molecule has 2 aromatic rings. The summed E-state index contributed by atoms with van der Waals surface area (Å²) in [6.45, 7) is 0.569. The Balaban J connectivity index is 2.11. The molecule has 0 fully saturated rings. The van der Waals surface area contributed by atoms with Gasteiger partial charge in [0.1, 0.15) is 11.6 Å². The topological polar surface area (TPSA) is 47.3 Å². The highest BCUT2D eigenvalue weighted by Gasteiger charge is 2.03. The Hall–Kier alpha value is -2.23. The fraction of sp³-hybridized carbons (Fsp3) is 0.143. The van der Waals surface area contributed by atoms with Crippen molar-refractivity contribution in [3.63, 3.8) is 0 Å². The van der Waals surface area contributed by atoms with Gasteiger partial charge in [-0.25, -0.2) is 4.39 Å². The van der Waals surface area contributed by atoms with E-state index in [1.54, 1.807) is 13.2 Å². The summed E-state index contributed by atoms with van der Waals surface area (Å²) in [6, 6.07) is 12.0. The molecule has 2 aromatic carbocycles. The van der Waals surface area contributed by atoms with Crippen LogP contribution < -0.4 is 15.8 Å². The molecule has 0 radical (unpaired) electrons. The molecule has 0 aliphatic carbocycles. The highest BCUT2D eigenvalue weighted by molar-refractivity contribution is 5.66. The molecule has 0 saturated carbocycles. The zero-order chi connectivity index (χ0) is 13.0. The third-order valence-corrected chi connectivity index (χ3v) is 2.68. The number of rotatable bonds is 4. The first-order valence-corrected chi connectivity index (χ1v) is 5.61. The van der Waals surface area contributed by atoms with Gasteiger partial charge in [0.15, 0.2) is 0 Å². The average molecular weight is 246 g/mol. The van der Waals surface area contributed by atoms with Crippen LogP contribution in [0.15, 0.2) is 42.5 Å². The van der Waals surface area contributed by atoms with Gasteiger partial charge in [0.2, 0.25) is 0 Å². The molecule has 3 N–H and O–H groups in total. The molecule has 4 heteroatoms. The summed E-state index contributed by atoms with van der Waals surface area (Å²) in [4.78, 5) is 0. The van der Waals surface area contributed by atoms with E-state index >= 15 is 0 Å². The fourth-order valence-electron chi connectivity index (χ4n) is 1.73. The van der Waals surface area contributed by atoms with Gasteiger partial charge < -0.3 is 15.8 Å². The molecule has 0 aliphatic rings. The zero-order valence-electron chi connectivity index (χ0n) is 10.1. The monoisotopic (exact) mass is 246 g/mol. The number of methoxy groups -OCH3 is 1. The third-order valence-electron chi connectivity index (χ3n) is 2.68. The van der Waals surface area contributed by atoms with Crippen molar-refractivity contribution in [3.05, 3.63) is 53.8 Å². The SMILES string of the molecule is COc1ccccc1CNc1ccc(F)cc1N. The summed E-state index contributed by atoms with van der Waals surface area (Å²) in [5, 5.41) is 3.16. The summed E-state index contributed by atoms with van der Waals surface area (Å²) in [7, 11) is 1.63. The van der Waals surface area contributed by atoms with Crippen LogP contribution >= 0.6 is 0 Å². The van der Waals surface area contributed by atoms with Crippen molar-refractivity contribution >= 4 is 11.4 Å². The van der Waals surface area contributed by atoms with E-state index < -0.39 is 0 Å². The number of halogens is 1. The lowest BCUT2D eigenvalue weighted by atomic mass is 10.2. The third kappa shape index (κ3) is 2.71. The number of ether oxygens (including phenoxy) is 1. The molecule has 2 rings (SSSR count). The van der Waals surface area contributed by atoms with E-state index in [0.717, 1.165) is 11.3 Å². The Bertz CT molecular complexity index is 543. The van der Waals surface area contributed by atoms with Gasteiger partial charge in [0.05, 0.1) is 18.5 Å². The first-order valence-electron chi connectivity index (χ1n) is 5.61. The van der Waals surface area contributed by atoms with Gasteiger partial charge >= 0.3 is 0 Å². The van der Waals surface area contributed by atoms with Gasteiger partial charge in [0.25, 0.3) is 0 Å². The molecule has 18 heavy (non-hydrogen) atoms. The van der Waals surface area contributed by atoms with E-state index in [1.165, 1.54) is 12.1 Å². The fourth-order valence-corrected chi connectivity index (χ4v) is 1.73. The van der Waals surface area contributed by atoms with Crippen LogP contribution in [0.4, 0.5) is 15.8 Å². The molecule has 94 valence electrons. The Morgan fingerprint density at radius 2 is 2.00 bits per heavy atom. The predicted molar refractivity (Wildman–Crippen MR) is 71.1 cm³/mol. The summed E-state index contributed by atoms with van der Waals surface area (Å²) in [5.74, 6) is 0.473. The summed E-state index contributed by atoms with van der Waals surface area (Å²) >= 11 is 0.